The smallest absolute Gasteiger partial charge is 0.258 e. The first kappa shape index (κ1) is 15.4. The van der Waals surface area contributed by atoms with Crippen LogP contribution in [0.4, 0.5) is 5.69 Å². The van der Waals surface area contributed by atoms with Crippen LogP contribution in [0.5, 0.6) is 0 Å². The topological polar surface area (TPSA) is 102 Å². The molecule has 0 saturated carbocycles. The van der Waals surface area contributed by atoms with Crippen molar-refractivity contribution in [2.24, 2.45) is 0 Å². The minimum atomic E-state index is -3.72. The standard InChI is InChI=1S/C12H10ClN3O4S/c13-12-7-11(5-6-14-12)21(19,20)15-8-9-1-3-10(4-2-9)16(17)18/h1-7,15H,8H2. The number of benzene rings is 1. The minimum Gasteiger partial charge on any atom is -0.258 e. The van der Waals surface area contributed by atoms with Crippen LogP contribution in [0.3, 0.4) is 0 Å². The molecule has 0 unspecified atom stereocenters. The van der Waals surface area contributed by atoms with Crippen molar-refractivity contribution in [1.29, 1.82) is 0 Å². The summed E-state index contributed by atoms with van der Waals surface area (Å²) < 4.78 is 26.4. The molecule has 7 nitrogen and oxygen atoms in total. The zero-order valence-electron chi connectivity index (χ0n) is 10.6. The molecule has 110 valence electrons. The van der Waals surface area contributed by atoms with E-state index in [4.69, 9.17) is 11.6 Å². The molecule has 1 N–H and O–H groups in total. The second-order valence-electron chi connectivity index (χ2n) is 4.06. The predicted octanol–water partition coefficient (Wildman–Crippen LogP) is 2.12. The highest BCUT2D eigenvalue weighted by Crippen LogP contribution is 2.15. The van der Waals surface area contributed by atoms with Crippen molar-refractivity contribution in [3.05, 3.63) is 63.4 Å². The molecule has 0 saturated heterocycles. The molecule has 1 heterocycles. The summed E-state index contributed by atoms with van der Waals surface area (Å²) in [5, 5.41) is 10.6. The molecule has 21 heavy (non-hydrogen) atoms. The number of nitrogens with one attached hydrogen (secondary N) is 1. The molecule has 0 bridgehead atoms. The molecule has 1 aromatic heterocycles. The van der Waals surface area contributed by atoms with Gasteiger partial charge in [0.25, 0.3) is 5.69 Å². The molecule has 0 aliphatic carbocycles. The van der Waals surface area contributed by atoms with Crippen LogP contribution in [0.2, 0.25) is 5.15 Å². The van der Waals surface area contributed by atoms with E-state index in [0.29, 0.717) is 5.56 Å². The van der Waals surface area contributed by atoms with Gasteiger partial charge in [-0.15, -0.1) is 0 Å². The highest BCUT2D eigenvalue weighted by molar-refractivity contribution is 7.89. The number of rotatable bonds is 5. The molecule has 0 aliphatic rings. The van der Waals surface area contributed by atoms with Gasteiger partial charge in [-0.1, -0.05) is 23.7 Å². The first-order valence-electron chi connectivity index (χ1n) is 5.73. The lowest BCUT2D eigenvalue weighted by Gasteiger charge is -2.06. The lowest BCUT2D eigenvalue weighted by atomic mass is 10.2. The molecule has 0 spiro atoms. The van der Waals surface area contributed by atoms with Crippen molar-refractivity contribution in [3.8, 4) is 0 Å². The van der Waals surface area contributed by atoms with E-state index in [1.807, 2.05) is 0 Å². The lowest BCUT2D eigenvalue weighted by Crippen LogP contribution is -2.23. The molecular weight excluding hydrogens is 318 g/mol. The van der Waals surface area contributed by atoms with Gasteiger partial charge >= 0.3 is 0 Å². The molecule has 0 radical (unpaired) electrons. The van der Waals surface area contributed by atoms with Gasteiger partial charge in [0.2, 0.25) is 10.0 Å². The van der Waals surface area contributed by atoms with Gasteiger partial charge in [-0.3, -0.25) is 10.1 Å². The molecule has 0 fully saturated rings. The number of hydrogen-bond acceptors (Lipinski definition) is 5. The van der Waals surface area contributed by atoms with Gasteiger partial charge in [0.1, 0.15) is 5.15 Å². The summed E-state index contributed by atoms with van der Waals surface area (Å²) in [6.07, 6.45) is 1.29. The molecule has 0 amide bonds. The summed E-state index contributed by atoms with van der Waals surface area (Å²) in [4.78, 5) is 13.7. The average Bonchev–Trinajstić information content (AvgIpc) is 2.45. The Balaban J connectivity index is 2.10. The fourth-order valence-electron chi connectivity index (χ4n) is 1.55. The van der Waals surface area contributed by atoms with Gasteiger partial charge < -0.3 is 0 Å². The quantitative estimate of drug-likeness (QED) is 0.515. The van der Waals surface area contributed by atoms with Gasteiger partial charge in [0.05, 0.1) is 9.82 Å². The van der Waals surface area contributed by atoms with Gasteiger partial charge in [0, 0.05) is 24.9 Å². The third kappa shape index (κ3) is 3.97. The Hall–Kier alpha value is -2.03. The Kier molecular flexibility index (Phi) is 4.51. The Morgan fingerprint density at radius 3 is 2.48 bits per heavy atom. The molecule has 0 atom stereocenters. The molecule has 1 aromatic carbocycles. The minimum absolute atomic E-state index is 0.00408. The first-order valence-corrected chi connectivity index (χ1v) is 7.59. The number of halogens is 1. The number of nitro benzene ring substituents is 1. The van der Waals surface area contributed by atoms with Crippen molar-refractivity contribution in [2.45, 2.75) is 11.4 Å². The van der Waals surface area contributed by atoms with Crippen LogP contribution in [0.1, 0.15) is 5.56 Å². The van der Waals surface area contributed by atoms with Crippen molar-refractivity contribution in [3.63, 3.8) is 0 Å². The molecule has 2 aromatic rings. The van der Waals surface area contributed by atoms with Crippen LogP contribution in [0.15, 0.2) is 47.5 Å². The normalized spacial score (nSPS) is 11.3. The van der Waals surface area contributed by atoms with Gasteiger partial charge in [-0.25, -0.2) is 18.1 Å². The van der Waals surface area contributed by atoms with E-state index in [1.165, 1.54) is 42.6 Å². The maximum absolute atomic E-state index is 12.0. The average molecular weight is 328 g/mol. The van der Waals surface area contributed by atoms with Crippen molar-refractivity contribution < 1.29 is 13.3 Å². The van der Waals surface area contributed by atoms with Crippen LogP contribution in [-0.4, -0.2) is 18.3 Å². The Labute approximate surface area is 125 Å². The van der Waals surface area contributed by atoms with E-state index in [9.17, 15) is 18.5 Å². The van der Waals surface area contributed by atoms with Crippen molar-refractivity contribution in [2.75, 3.05) is 0 Å². The Bertz CT molecular complexity index is 762. The van der Waals surface area contributed by atoms with E-state index in [0.717, 1.165) is 0 Å². The second kappa shape index (κ2) is 6.17. The monoisotopic (exact) mass is 327 g/mol. The summed E-state index contributed by atoms with van der Waals surface area (Å²) >= 11 is 5.65. The number of nitro groups is 1. The lowest BCUT2D eigenvalue weighted by molar-refractivity contribution is -0.384. The summed E-state index contributed by atoms with van der Waals surface area (Å²) in [5.41, 5.74) is 0.548. The molecular formula is C12H10ClN3O4S. The van der Waals surface area contributed by atoms with E-state index in [1.54, 1.807) is 0 Å². The zero-order chi connectivity index (χ0) is 15.5. The Morgan fingerprint density at radius 2 is 1.90 bits per heavy atom. The van der Waals surface area contributed by atoms with E-state index in [2.05, 4.69) is 9.71 Å². The van der Waals surface area contributed by atoms with Crippen molar-refractivity contribution in [1.82, 2.24) is 9.71 Å². The van der Waals surface area contributed by atoms with Gasteiger partial charge in [-0.05, 0) is 17.7 Å². The fraction of sp³-hybridized carbons (Fsp3) is 0.0833. The molecule has 9 heteroatoms. The summed E-state index contributed by atoms with van der Waals surface area (Å²) in [6.45, 7) is 0.0142. The Morgan fingerprint density at radius 1 is 1.24 bits per heavy atom. The third-order valence-electron chi connectivity index (χ3n) is 2.62. The first-order chi connectivity index (χ1) is 9.88. The second-order valence-corrected chi connectivity index (χ2v) is 6.22. The van der Waals surface area contributed by atoms with Crippen molar-refractivity contribution >= 4 is 27.3 Å². The van der Waals surface area contributed by atoms with Gasteiger partial charge in [-0.2, -0.15) is 0 Å². The van der Waals surface area contributed by atoms with Crippen LogP contribution >= 0.6 is 11.6 Å². The SMILES string of the molecule is O=[N+]([O-])c1ccc(CNS(=O)(=O)c2ccnc(Cl)c2)cc1. The number of non-ortho nitro benzene ring substituents is 1. The summed E-state index contributed by atoms with van der Waals surface area (Å²) in [7, 11) is -3.72. The van der Waals surface area contributed by atoms with Gasteiger partial charge in [0.15, 0.2) is 0 Å². The number of aromatic nitrogens is 1. The fourth-order valence-corrected chi connectivity index (χ4v) is 2.82. The number of hydrogen-bond donors (Lipinski definition) is 1. The van der Waals surface area contributed by atoms with Crippen LogP contribution in [0, 0.1) is 10.1 Å². The predicted molar refractivity (Wildman–Crippen MR) is 76.4 cm³/mol. The highest BCUT2D eigenvalue weighted by atomic mass is 35.5. The maximum Gasteiger partial charge on any atom is 0.269 e. The van der Waals surface area contributed by atoms with E-state index >= 15 is 0 Å². The molecule has 0 aliphatic heterocycles. The van der Waals surface area contributed by atoms with Crippen LogP contribution in [-0.2, 0) is 16.6 Å². The zero-order valence-corrected chi connectivity index (χ0v) is 12.1. The maximum atomic E-state index is 12.0. The largest absolute Gasteiger partial charge is 0.269 e. The third-order valence-corrected chi connectivity index (χ3v) is 4.23. The highest BCUT2D eigenvalue weighted by Gasteiger charge is 2.14. The summed E-state index contributed by atoms with van der Waals surface area (Å²) in [5.74, 6) is 0. The molecule has 2 rings (SSSR count). The number of sulfonamides is 1. The van der Waals surface area contributed by atoms with E-state index in [-0.39, 0.29) is 22.3 Å². The van der Waals surface area contributed by atoms with E-state index < -0.39 is 14.9 Å². The van der Waals surface area contributed by atoms with Crippen LogP contribution in [0.25, 0.3) is 0 Å². The number of pyridine rings is 1. The van der Waals surface area contributed by atoms with Crippen LogP contribution < -0.4 is 4.72 Å². The summed E-state index contributed by atoms with van der Waals surface area (Å²) in [6, 6.07) is 8.16. The number of nitrogens with zero attached hydrogens (tertiary/aromatic N) is 2.